The summed E-state index contributed by atoms with van der Waals surface area (Å²) in [7, 11) is 0. The average molecular weight is 315 g/mol. The van der Waals surface area contributed by atoms with Crippen LogP contribution in [0.5, 0.6) is 5.75 Å². The Labute approximate surface area is 138 Å². The van der Waals surface area contributed by atoms with Gasteiger partial charge in [0.05, 0.1) is 6.61 Å². The van der Waals surface area contributed by atoms with Crippen molar-refractivity contribution in [1.82, 2.24) is 4.90 Å². The molecule has 0 saturated carbocycles. The number of rotatable bonds is 3. The Morgan fingerprint density at radius 3 is 2.65 bits per heavy atom. The van der Waals surface area contributed by atoms with Crippen LogP contribution in [0.2, 0.25) is 0 Å². The van der Waals surface area contributed by atoms with Crippen LogP contribution in [0.25, 0.3) is 0 Å². The Bertz CT molecular complexity index is 566. The van der Waals surface area contributed by atoms with Crippen LogP contribution < -0.4 is 4.74 Å². The Kier molecular flexibility index (Phi) is 5.54. The van der Waals surface area contributed by atoms with Crippen molar-refractivity contribution in [2.45, 2.75) is 39.2 Å². The predicted octanol–water partition coefficient (Wildman–Crippen LogP) is 3.69. The molecule has 0 radical (unpaired) electrons. The molecule has 124 valence electrons. The lowest BCUT2D eigenvalue weighted by Gasteiger charge is -2.34. The Balaban J connectivity index is 1.84. The fourth-order valence-electron chi connectivity index (χ4n) is 2.55. The van der Waals surface area contributed by atoms with E-state index in [0.29, 0.717) is 19.1 Å². The molecule has 0 spiro atoms. The van der Waals surface area contributed by atoms with E-state index >= 15 is 0 Å². The topological polar surface area (TPSA) is 38.8 Å². The molecule has 0 bridgehead atoms. The lowest BCUT2D eigenvalue weighted by Crippen LogP contribution is -2.44. The van der Waals surface area contributed by atoms with Crippen LogP contribution >= 0.6 is 0 Å². The smallest absolute Gasteiger partial charge is 0.410 e. The molecule has 4 heteroatoms. The highest BCUT2D eigenvalue weighted by atomic mass is 16.6. The van der Waals surface area contributed by atoms with E-state index in [1.54, 1.807) is 4.90 Å². The van der Waals surface area contributed by atoms with Gasteiger partial charge in [0, 0.05) is 24.6 Å². The van der Waals surface area contributed by atoms with Crippen molar-refractivity contribution in [2.75, 3.05) is 19.7 Å². The van der Waals surface area contributed by atoms with Crippen LogP contribution in [-0.4, -0.2) is 36.3 Å². The number of carbonyl (C=O) groups excluding carboxylic acids is 1. The van der Waals surface area contributed by atoms with E-state index < -0.39 is 5.60 Å². The predicted molar refractivity (Wildman–Crippen MR) is 90.4 cm³/mol. The lowest BCUT2D eigenvalue weighted by atomic mass is 9.99. The number of nitrogens with zero attached hydrogens (tertiary/aromatic N) is 1. The van der Waals surface area contributed by atoms with E-state index in [1.807, 2.05) is 45.0 Å². The molecular weight excluding hydrogens is 290 g/mol. The minimum Gasteiger partial charge on any atom is -0.493 e. The maximum atomic E-state index is 12.1. The second-order valence-electron chi connectivity index (χ2n) is 6.91. The summed E-state index contributed by atoms with van der Waals surface area (Å²) in [6.07, 6.45) is 7.14. The van der Waals surface area contributed by atoms with Crippen molar-refractivity contribution >= 4 is 6.09 Å². The molecule has 2 rings (SSSR count). The van der Waals surface area contributed by atoms with Gasteiger partial charge in [-0.25, -0.2) is 4.79 Å². The quantitative estimate of drug-likeness (QED) is 0.799. The van der Waals surface area contributed by atoms with Crippen LogP contribution in [0.4, 0.5) is 4.79 Å². The zero-order valence-corrected chi connectivity index (χ0v) is 14.2. The van der Waals surface area contributed by atoms with Crippen molar-refractivity contribution in [3.05, 3.63) is 29.8 Å². The van der Waals surface area contributed by atoms with Gasteiger partial charge in [-0.05, 0) is 57.9 Å². The first-order valence-corrected chi connectivity index (χ1v) is 8.05. The van der Waals surface area contributed by atoms with Crippen LogP contribution in [0.15, 0.2) is 24.3 Å². The monoisotopic (exact) mass is 315 g/mol. The maximum Gasteiger partial charge on any atom is 0.410 e. The van der Waals surface area contributed by atoms with Gasteiger partial charge in [0.2, 0.25) is 0 Å². The van der Waals surface area contributed by atoms with Gasteiger partial charge in [-0.1, -0.05) is 5.92 Å². The fraction of sp³-hybridized carbons (Fsp3) is 0.526. The lowest BCUT2D eigenvalue weighted by molar-refractivity contribution is 0.0139. The maximum absolute atomic E-state index is 12.1. The molecule has 4 nitrogen and oxygen atoms in total. The molecular formula is C19H25NO3. The summed E-state index contributed by atoms with van der Waals surface area (Å²) in [6, 6.07) is 7.49. The third-order valence-corrected chi connectivity index (χ3v) is 3.68. The largest absolute Gasteiger partial charge is 0.493 e. The molecule has 0 N–H and O–H groups in total. The number of likely N-dealkylation sites (tertiary alicyclic amines) is 1. The standard InChI is InChI=1S/C19H25NO3/c1-5-15-8-10-17(11-9-15)22-14-16-7-6-12-20(13-16)18(21)23-19(2,3)4/h1,8-11,16H,6-7,12-14H2,2-4H3. The van der Waals surface area contributed by atoms with Crippen molar-refractivity contribution in [2.24, 2.45) is 5.92 Å². The zero-order valence-electron chi connectivity index (χ0n) is 14.2. The summed E-state index contributed by atoms with van der Waals surface area (Å²) in [5.74, 6) is 3.71. The molecule has 1 unspecified atom stereocenters. The molecule has 1 fully saturated rings. The Morgan fingerprint density at radius 2 is 2.04 bits per heavy atom. The first kappa shape index (κ1) is 17.2. The third kappa shape index (κ3) is 5.52. The van der Waals surface area contributed by atoms with E-state index in [1.165, 1.54) is 0 Å². The van der Waals surface area contributed by atoms with E-state index in [2.05, 4.69) is 5.92 Å². The molecule has 1 aliphatic heterocycles. The van der Waals surface area contributed by atoms with Gasteiger partial charge in [0.25, 0.3) is 0 Å². The van der Waals surface area contributed by atoms with Gasteiger partial charge in [-0.15, -0.1) is 6.42 Å². The van der Waals surface area contributed by atoms with Crippen LogP contribution in [-0.2, 0) is 4.74 Å². The van der Waals surface area contributed by atoms with E-state index in [-0.39, 0.29) is 6.09 Å². The van der Waals surface area contributed by atoms with Gasteiger partial charge < -0.3 is 14.4 Å². The summed E-state index contributed by atoms with van der Waals surface area (Å²) in [5, 5.41) is 0. The number of amides is 1. The van der Waals surface area contributed by atoms with Crippen molar-refractivity contribution in [3.8, 4) is 18.1 Å². The van der Waals surface area contributed by atoms with Gasteiger partial charge >= 0.3 is 6.09 Å². The van der Waals surface area contributed by atoms with E-state index in [0.717, 1.165) is 30.7 Å². The summed E-state index contributed by atoms with van der Waals surface area (Å²) < 4.78 is 11.3. The van der Waals surface area contributed by atoms with E-state index in [9.17, 15) is 4.79 Å². The first-order valence-electron chi connectivity index (χ1n) is 8.05. The summed E-state index contributed by atoms with van der Waals surface area (Å²) in [4.78, 5) is 13.9. The fourth-order valence-corrected chi connectivity index (χ4v) is 2.55. The number of ether oxygens (including phenoxy) is 2. The summed E-state index contributed by atoms with van der Waals surface area (Å²) >= 11 is 0. The molecule has 1 amide bonds. The highest BCUT2D eigenvalue weighted by Gasteiger charge is 2.27. The minimum atomic E-state index is -0.459. The van der Waals surface area contributed by atoms with Crippen LogP contribution in [0.1, 0.15) is 39.2 Å². The summed E-state index contributed by atoms with van der Waals surface area (Å²) in [5.41, 5.74) is 0.380. The number of carbonyl (C=O) groups is 1. The second kappa shape index (κ2) is 7.41. The SMILES string of the molecule is C#Cc1ccc(OCC2CCCN(C(=O)OC(C)(C)C)C2)cc1. The van der Waals surface area contributed by atoms with Crippen LogP contribution in [0.3, 0.4) is 0 Å². The highest BCUT2D eigenvalue weighted by molar-refractivity contribution is 5.68. The third-order valence-electron chi connectivity index (χ3n) is 3.68. The number of terminal acetylenes is 1. The number of hydrogen-bond donors (Lipinski definition) is 0. The number of piperidine rings is 1. The average Bonchev–Trinajstić information content (AvgIpc) is 2.52. The zero-order chi connectivity index (χ0) is 16.9. The minimum absolute atomic E-state index is 0.236. The Hall–Kier alpha value is -2.15. The van der Waals surface area contributed by atoms with Gasteiger partial charge in [0.15, 0.2) is 0 Å². The number of benzene rings is 1. The Morgan fingerprint density at radius 1 is 1.35 bits per heavy atom. The second-order valence-corrected chi connectivity index (χ2v) is 6.91. The van der Waals surface area contributed by atoms with Gasteiger partial charge in [-0.3, -0.25) is 0 Å². The molecule has 0 aromatic heterocycles. The molecule has 1 aromatic rings. The molecule has 1 saturated heterocycles. The van der Waals surface area contributed by atoms with Gasteiger partial charge in [-0.2, -0.15) is 0 Å². The number of hydrogen-bond acceptors (Lipinski definition) is 3. The molecule has 1 aromatic carbocycles. The van der Waals surface area contributed by atoms with Gasteiger partial charge in [0.1, 0.15) is 11.4 Å². The molecule has 1 atom stereocenters. The van der Waals surface area contributed by atoms with Crippen molar-refractivity contribution in [1.29, 1.82) is 0 Å². The van der Waals surface area contributed by atoms with Crippen LogP contribution in [0, 0.1) is 18.3 Å². The van der Waals surface area contributed by atoms with Crippen molar-refractivity contribution in [3.63, 3.8) is 0 Å². The molecule has 1 aliphatic rings. The molecule has 1 heterocycles. The first-order chi connectivity index (χ1) is 10.9. The molecule has 23 heavy (non-hydrogen) atoms. The highest BCUT2D eigenvalue weighted by Crippen LogP contribution is 2.21. The summed E-state index contributed by atoms with van der Waals surface area (Å²) in [6.45, 7) is 7.67. The normalized spacial score (nSPS) is 18.2. The van der Waals surface area contributed by atoms with E-state index in [4.69, 9.17) is 15.9 Å². The van der Waals surface area contributed by atoms with Crippen molar-refractivity contribution < 1.29 is 14.3 Å². The molecule has 0 aliphatic carbocycles.